The number of ether oxygens (including phenoxy) is 1. The summed E-state index contributed by atoms with van der Waals surface area (Å²) in [5.41, 5.74) is 2.31. The molecule has 124 valence electrons. The second-order valence-corrected chi connectivity index (χ2v) is 7.05. The lowest BCUT2D eigenvalue weighted by Gasteiger charge is -2.08. The Labute approximate surface area is 138 Å². The zero-order chi connectivity index (χ0) is 16.5. The highest BCUT2D eigenvalue weighted by Gasteiger charge is 2.02. The first-order chi connectivity index (χ1) is 11.0. The van der Waals surface area contributed by atoms with Gasteiger partial charge in [0.15, 0.2) is 0 Å². The van der Waals surface area contributed by atoms with Crippen LogP contribution in [0.5, 0.6) is 5.75 Å². The van der Waals surface area contributed by atoms with Crippen molar-refractivity contribution >= 4 is 10.1 Å². The monoisotopic (exact) mass is 334 g/mol. The molecule has 0 bridgehead atoms. The predicted octanol–water partition coefficient (Wildman–Crippen LogP) is 3.56. The van der Waals surface area contributed by atoms with E-state index in [-0.39, 0.29) is 6.61 Å². The Balaban J connectivity index is 1.76. The van der Waals surface area contributed by atoms with E-state index in [0.29, 0.717) is 13.0 Å². The molecule has 0 heterocycles. The molecule has 5 heteroatoms. The summed E-state index contributed by atoms with van der Waals surface area (Å²) in [6.07, 6.45) is 3.52. The summed E-state index contributed by atoms with van der Waals surface area (Å²) < 4.78 is 32.2. The number of hydrogen-bond donors (Lipinski definition) is 0. The van der Waals surface area contributed by atoms with E-state index in [9.17, 15) is 8.42 Å². The minimum absolute atomic E-state index is 0.239. The molecule has 4 nitrogen and oxygen atoms in total. The normalized spacial score (nSPS) is 11.3. The lowest BCUT2D eigenvalue weighted by atomic mass is 10.1. The number of rotatable bonds is 9. The molecule has 0 saturated carbocycles. The Bertz CT molecular complexity index is 696. The summed E-state index contributed by atoms with van der Waals surface area (Å²) >= 11 is 0. The second-order valence-electron chi connectivity index (χ2n) is 5.40. The summed E-state index contributed by atoms with van der Waals surface area (Å²) in [6.45, 7) is 0.787. The van der Waals surface area contributed by atoms with Gasteiger partial charge in [-0.1, -0.05) is 42.5 Å². The van der Waals surface area contributed by atoms with Crippen molar-refractivity contribution in [3.8, 4) is 5.75 Å². The van der Waals surface area contributed by atoms with Gasteiger partial charge in [-0.3, -0.25) is 4.18 Å². The van der Waals surface area contributed by atoms with Gasteiger partial charge in [-0.15, -0.1) is 0 Å². The van der Waals surface area contributed by atoms with Crippen molar-refractivity contribution in [3.63, 3.8) is 0 Å². The molecule has 0 radical (unpaired) electrons. The zero-order valence-corrected chi connectivity index (χ0v) is 14.1. The standard InChI is InChI=1S/C18H22O4S/c1-23(19,20)22-13-6-5-8-16-11-7-12-18(14-16)21-15-17-9-3-2-4-10-17/h2-4,7,9-12,14H,5-6,8,13,15H2,1H3. The van der Waals surface area contributed by atoms with Crippen LogP contribution in [0.25, 0.3) is 0 Å². The van der Waals surface area contributed by atoms with Gasteiger partial charge >= 0.3 is 0 Å². The fourth-order valence-corrected chi connectivity index (χ4v) is 2.59. The van der Waals surface area contributed by atoms with E-state index in [1.54, 1.807) is 0 Å². The molecule has 2 rings (SSSR count). The Morgan fingerprint density at radius 1 is 0.913 bits per heavy atom. The van der Waals surface area contributed by atoms with Gasteiger partial charge in [0.25, 0.3) is 10.1 Å². The van der Waals surface area contributed by atoms with Crippen molar-refractivity contribution in [1.29, 1.82) is 0 Å². The maximum Gasteiger partial charge on any atom is 0.264 e. The largest absolute Gasteiger partial charge is 0.489 e. The second kappa shape index (κ2) is 8.70. The van der Waals surface area contributed by atoms with Crippen molar-refractivity contribution in [2.45, 2.75) is 25.9 Å². The highest BCUT2D eigenvalue weighted by Crippen LogP contribution is 2.17. The first-order valence-electron chi connectivity index (χ1n) is 7.63. The molecule has 0 unspecified atom stereocenters. The van der Waals surface area contributed by atoms with Gasteiger partial charge in [-0.2, -0.15) is 8.42 Å². The fourth-order valence-electron chi connectivity index (χ4n) is 2.17. The molecule has 0 aliphatic carbocycles. The molecule has 0 amide bonds. The molecule has 0 fully saturated rings. The molecule has 0 aliphatic rings. The average molecular weight is 334 g/mol. The molecule has 2 aromatic carbocycles. The predicted molar refractivity (Wildman–Crippen MR) is 90.9 cm³/mol. The van der Waals surface area contributed by atoms with Crippen LogP contribution in [-0.4, -0.2) is 21.3 Å². The summed E-state index contributed by atoms with van der Waals surface area (Å²) in [5, 5.41) is 0. The topological polar surface area (TPSA) is 52.6 Å². The molecular weight excluding hydrogens is 312 g/mol. The van der Waals surface area contributed by atoms with Crippen molar-refractivity contribution in [2.75, 3.05) is 12.9 Å². The molecule has 0 spiro atoms. The van der Waals surface area contributed by atoms with Gasteiger partial charge in [-0.25, -0.2) is 0 Å². The quantitative estimate of drug-likeness (QED) is 0.520. The van der Waals surface area contributed by atoms with Gasteiger partial charge in [0.2, 0.25) is 0 Å². The van der Waals surface area contributed by atoms with Gasteiger partial charge in [0.1, 0.15) is 12.4 Å². The third-order valence-corrected chi connectivity index (χ3v) is 3.90. The fraction of sp³-hybridized carbons (Fsp3) is 0.333. The third kappa shape index (κ3) is 7.30. The summed E-state index contributed by atoms with van der Waals surface area (Å²) in [4.78, 5) is 0. The van der Waals surface area contributed by atoms with Crippen molar-refractivity contribution in [1.82, 2.24) is 0 Å². The SMILES string of the molecule is CS(=O)(=O)OCCCCc1cccc(OCc2ccccc2)c1. The Morgan fingerprint density at radius 2 is 1.65 bits per heavy atom. The first kappa shape index (κ1) is 17.5. The Kier molecular flexibility index (Phi) is 6.62. The maximum absolute atomic E-state index is 10.9. The van der Waals surface area contributed by atoms with Crippen LogP contribution in [0.3, 0.4) is 0 Å². The van der Waals surface area contributed by atoms with E-state index in [1.165, 1.54) is 5.56 Å². The van der Waals surface area contributed by atoms with Crippen LogP contribution in [0.1, 0.15) is 24.0 Å². The van der Waals surface area contributed by atoms with E-state index in [2.05, 4.69) is 0 Å². The van der Waals surface area contributed by atoms with Crippen LogP contribution >= 0.6 is 0 Å². The van der Waals surface area contributed by atoms with Crippen LogP contribution in [0.15, 0.2) is 54.6 Å². The van der Waals surface area contributed by atoms with E-state index < -0.39 is 10.1 Å². The first-order valence-corrected chi connectivity index (χ1v) is 9.45. The van der Waals surface area contributed by atoms with Gasteiger partial charge in [0.05, 0.1) is 12.9 Å². The van der Waals surface area contributed by atoms with Gasteiger partial charge in [0, 0.05) is 0 Å². The smallest absolute Gasteiger partial charge is 0.264 e. The van der Waals surface area contributed by atoms with Crippen LogP contribution in [0.4, 0.5) is 0 Å². The number of hydrogen-bond acceptors (Lipinski definition) is 4. The van der Waals surface area contributed by atoms with Gasteiger partial charge < -0.3 is 4.74 Å². The minimum atomic E-state index is -3.33. The van der Waals surface area contributed by atoms with Crippen LogP contribution in [0.2, 0.25) is 0 Å². The number of unbranched alkanes of at least 4 members (excludes halogenated alkanes) is 1. The highest BCUT2D eigenvalue weighted by molar-refractivity contribution is 7.85. The average Bonchev–Trinajstić information content (AvgIpc) is 2.53. The summed E-state index contributed by atoms with van der Waals surface area (Å²) in [5.74, 6) is 0.846. The highest BCUT2D eigenvalue weighted by atomic mass is 32.2. The molecule has 0 N–H and O–H groups in total. The van der Waals surface area contributed by atoms with E-state index in [4.69, 9.17) is 8.92 Å². The van der Waals surface area contributed by atoms with Crippen molar-refractivity contribution in [2.24, 2.45) is 0 Å². The molecule has 23 heavy (non-hydrogen) atoms. The third-order valence-electron chi connectivity index (χ3n) is 3.30. The van der Waals surface area contributed by atoms with E-state index in [0.717, 1.165) is 30.4 Å². The summed E-state index contributed by atoms with van der Waals surface area (Å²) in [7, 11) is -3.33. The maximum atomic E-state index is 10.9. The minimum Gasteiger partial charge on any atom is -0.489 e. The molecular formula is C18H22O4S. The summed E-state index contributed by atoms with van der Waals surface area (Å²) in [6, 6.07) is 18.0. The number of benzene rings is 2. The number of aryl methyl sites for hydroxylation is 1. The molecule has 0 aliphatic heterocycles. The lowest BCUT2D eigenvalue weighted by Crippen LogP contribution is -2.04. The van der Waals surface area contributed by atoms with Crippen LogP contribution < -0.4 is 4.74 Å². The molecule has 0 saturated heterocycles. The zero-order valence-electron chi connectivity index (χ0n) is 13.3. The van der Waals surface area contributed by atoms with Crippen LogP contribution in [0, 0.1) is 0 Å². The van der Waals surface area contributed by atoms with E-state index >= 15 is 0 Å². The molecule has 2 aromatic rings. The Morgan fingerprint density at radius 3 is 2.39 bits per heavy atom. The van der Waals surface area contributed by atoms with Crippen molar-refractivity contribution in [3.05, 3.63) is 65.7 Å². The molecule has 0 atom stereocenters. The lowest BCUT2D eigenvalue weighted by molar-refractivity contribution is 0.305. The van der Waals surface area contributed by atoms with Crippen LogP contribution in [-0.2, 0) is 27.3 Å². The van der Waals surface area contributed by atoms with Gasteiger partial charge in [-0.05, 0) is 42.5 Å². The van der Waals surface area contributed by atoms with Crippen molar-refractivity contribution < 1.29 is 17.3 Å². The molecule has 0 aromatic heterocycles. The van der Waals surface area contributed by atoms with E-state index in [1.807, 2.05) is 54.6 Å². The Hall–Kier alpha value is -1.85.